The highest BCUT2D eigenvalue weighted by atomic mass is 16.5. The number of hydrogen-bond donors (Lipinski definition) is 0. The Labute approximate surface area is 148 Å². The first kappa shape index (κ1) is 16.6. The summed E-state index contributed by atoms with van der Waals surface area (Å²) in [5.74, 6) is 0.473. The van der Waals surface area contributed by atoms with Crippen LogP contribution in [0.15, 0.2) is 28.7 Å². The quantitative estimate of drug-likeness (QED) is 0.836. The number of benzene rings is 1. The minimum absolute atomic E-state index is 0.0185. The van der Waals surface area contributed by atoms with Crippen LogP contribution in [-0.2, 0) is 11.3 Å². The molecule has 0 aliphatic carbocycles. The Bertz CT molecular complexity index is 748. The largest absolute Gasteiger partial charge is 0.451 e. The molecule has 4 rings (SSSR count). The summed E-state index contributed by atoms with van der Waals surface area (Å²) in [5, 5.41) is 0.975. The van der Waals surface area contributed by atoms with Crippen LogP contribution in [0.25, 0.3) is 11.0 Å². The molecule has 1 aromatic carbocycles. The summed E-state index contributed by atoms with van der Waals surface area (Å²) in [5.41, 5.74) is 1.63. The Balaban J connectivity index is 1.60. The van der Waals surface area contributed by atoms with Gasteiger partial charge in [-0.1, -0.05) is 18.2 Å². The van der Waals surface area contributed by atoms with Gasteiger partial charge in [-0.2, -0.15) is 0 Å². The van der Waals surface area contributed by atoms with Gasteiger partial charge in [-0.05, 0) is 44.8 Å². The van der Waals surface area contributed by atoms with Crippen LogP contribution >= 0.6 is 0 Å². The summed E-state index contributed by atoms with van der Waals surface area (Å²) >= 11 is 0. The molecule has 2 aromatic rings. The zero-order chi connectivity index (χ0) is 17.2. The molecular formula is C20H26N2O3. The van der Waals surface area contributed by atoms with E-state index in [1.54, 1.807) is 7.11 Å². The van der Waals surface area contributed by atoms with Crippen molar-refractivity contribution >= 4 is 16.9 Å². The van der Waals surface area contributed by atoms with Crippen LogP contribution in [0.2, 0.25) is 0 Å². The van der Waals surface area contributed by atoms with Crippen molar-refractivity contribution in [1.29, 1.82) is 0 Å². The van der Waals surface area contributed by atoms with Gasteiger partial charge in [-0.3, -0.25) is 4.79 Å². The fourth-order valence-corrected chi connectivity index (χ4v) is 4.25. The molecule has 5 heteroatoms. The minimum atomic E-state index is 0.0185. The third-order valence-electron chi connectivity index (χ3n) is 5.49. The van der Waals surface area contributed by atoms with E-state index in [4.69, 9.17) is 9.15 Å². The van der Waals surface area contributed by atoms with Crippen LogP contribution in [0.1, 0.15) is 41.8 Å². The van der Waals surface area contributed by atoms with Crippen molar-refractivity contribution in [2.24, 2.45) is 0 Å². The SMILES string of the molecule is COCc1c(C(=O)N2CCC[C@H]2CN2CCCC2)oc2ccccc12. The molecule has 5 nitrogen and oxygen atoms in total. The molecule has 0 spiro atoms. The number of para-hydroxylation sites is 1. The van der Waals surface area contributed by atoms with Crippen LogP contribution in [-0.4, -0.2) is 55.0 Å². The van der Waals surface area contributed by atoms with E-state index in [1.165, 1.54) is 12.8 Å². The van der Waals surface area contributed by atoms with E-state index in [0.29, 0.717) is 18.4 Å². The predicted octanol–water partition coefficient (Wildman–Crippen LogP) is 3.28. The van der Waals surface area contributed by atoms with Crippen molar-refractivity contribution in [2.45, 2.75) is 38.3 Å². The van der Waals surface area contributed by atoms with E-state index in [-0.39, 0.29) is 5.91 Å². The number of ether oxygens (including phenoxy) is 1. The summed E-state index contributed by atoms with van der Waals surface area (Å²) in [6.07, 6.45) is 4.72. The molecule has 0 saturated carbocycles. The van der Waals surface area contributed by atoms with Gasteiger partial charge >= 0.3 is 0 Å². The molecule has 1 aromatic heterocycles. The van der Waals surface area contributed by atoms with Crippen molar-refractivity contribution in [2.75, 3.05) is 33.3 Å². The van der Waals surface area contributed by atoms with Gasteiger partial charge in [0.15, 0.2) is 5.76 Å². The van der Waals surface area contributed by atoms with Crippen LogP contribution in [0.4, 0.5) is 0 Å². The fraction of sp³-hybridized carbons (Fsp3) is 0.550. The van der Waals surface area contributed by atoms with E-state index in [2.05, 4.69) is 4.90 Å². The zero-order valence-electron chi connectivity index (χ0n) is 14.9. The van der Waals surface area contributed by atoms with Crippen LogP contribution < -0.4 is 0 Å². The van der Waals surface area contributed by atoms with Gasteiger partial charge in [0.1, 0.15) is 5.58 Å². The van der Waals surface area contributed by atoms with Gasteiger partial charge < -0.3 is 19.0 Å². The van der Waals surface area contributed by atoms with Crippen molar-refractivity contribution < 1.29 is 13.9 Å². The molecule has 0 N–H and O–H groups in total. The highest BCUT2D eigenvalue weighted by Gasteiger charge is 2.34. The highest BCUT2D eigenvalue weighted by Crippen LogP contribution is 2.30. The molecule has 2 aliphatic heterocycles. The number of rotatable bonds is 5. The number of likely N-dealkylation sites (tertiary alicyclic amines) is 2. The average molecular weight is 342 g/mol. The normalized spacial score (nSPS) is 21.5. The second-order valence-electron chi connectivity index (χ2n) is 7.14. The molecule has 1 amide bonds. The molecule has 0 radical (unpaired) electrons. The average Bonchev–Trinajstić information content (AvgIpc) is 3.36. The predicted molar refractivity (Wildman–Crippen MR) is 96.7 cm³/mol. The maximum atomic E-state index is 13.3. The number of hydrogen-bond acceptors (Lipinski definition) is 4. The standard InChI is InChI=1S/C20H26N2O3/c1-24-14-17-16-8-2-3-9-18(16)25-19(17)20(23)22-12-6-7-15(22)13-21-10-4-5-11-21/h2-3,8-9,15H,4-7,10-14H2,1H3/t15-/m0/s1. The van der Waals surface area contributed by atoms with Crippen molar-refractivity contribution in [3.63, 3.8) is 0 Å². The lowest BCUT2D eigenvalue weighted by Crippen LogP contribution is -2.42. The number of amides is 1. The summed E-state index contributed by atoms with van der Waals surface area (Å²) in [6.45, 7) is 4.53. The minimum Gasteiger partial charge on any atom is -0.451 e. The molecule has 2 saturated heterocycles. The lowest BCUT2D eigenvalue weighted by Gasteiger charge is -2.28. The first-order valence-electron chi connectivity index (χ1n) is 9.30. The lowest BCUT2D eigenvalue weighted by molar-refractivity contribution is 0.0673. The van der Waals surface area contributed by atoms with E-state index in [1.807, 2.05) is 29.2 Å². The number of methoxy groups -OCH3 is 1. The van der Waals surface area contributed by atoms with Gasteiger partial charge in [0.2, 0.25) is 0 Å². The summed E-state index contributed by atoms with van der Waals surface area (Å²) in [7, 11) is 1.65. The maximum Gasteiger partial charge on any atom is 0.290 e. The van der Waals surface area contributed by atoms with E-state index < -0.39 is 0 Å². The first-order valence-corrected chi connectivity index (χ1v) is 9.30. The lowest BCUT2D eigenvalue weighted by atomic mass is 10.1. The molecule has 2 aliphatic rings. The van der Waals surface area contributed by atoms with Gasteiger partial charge in [0.05, 0.1) is 6.61 Å². The second kappa shape index (κ2) is 7.18. The number of furan rings is 1. The Hall–Kier alpha value is -1.85. The fourth-order valence-electron chi connectivity index (χ4n) is 4.25. The number of fused-ring (bicyclic) bond motifs is 1. The zero-order valence-corrected chi connectivity index (χ0v) is 14.9. The summed E-state index contributed by atoms with van der Waals surface area (Å²) in [6, 6.07) is 8.11. The third-order valence-corrected chi connectivity index (χ3v) is 5.49. The molecule has 134 valence electrons. The van der Waals surface area contributed by atoms with Crippen LogP contribution in [0.5, 0.6) is 0 Å². The number of nitrogens with zero attached hydrogens (tertiary/aromatic N) is 2. The van der Waals surface area contributed by atoms with E-state index >= 15 is 0 Å². The van der Waals surface area contributed by atoms with Crippen molar-refractivity contribution in [1.82, 2.24) is 9.80 Å². The monoisotopic (exact) mass is 342 g/mol. The van der Waals surface area contributed by atoms with Gasteiger partial charge in [-0.25, -0.2) is 0 Å². The van der Waals surface area contributed by atoms with Crippen LogP contribution in [0, 0.1) is 0 Å². The van der Waals surface area contributed by atoms with Crippen LogP contribution in [0.3, 0.4) is 0 Å². The van der Waals surface area contributed by atoms with Gasteiger partial charge in [0.25, 0.3) is 5.91 Å². The van der Waals surface area contributed by atoms with Crippen molar-refractivity contribution in [3.05, 3.63) is 35.6 Å². The molecular weight excluding hydrogens is 316 g/mol. The summed E-state index contributed by atoms with van der Waals surface area (Å²) < 4.78 is 11.3. The third kappa shape index (κ3) is 3.18. The van der Waals surface area contributed by atoms with Crippen molar-refractivity contribution in [3.8, 4) is 0 Å². The smallest absolute Gasteiger partial charge is 0.290 e. The molecule has 2 fully saturated rings. The first-order chi connectivity index (χ1) is 12.3. The highest BCUT2D eigenvalue weighted by molar-refractivity contribution is 5.99. The molecule has 1 atom stereocenters. The second-order valence-corrected chi connectivity index (χ2v) is 7.14. The molecule has 3 heterocycles. The Morgan fingerprint density at radius 3 is 2.80 bits per heavy atom. The Morgan fingerprint density at radius 1 is 1.20 bits per heavy atom. The topological polar surface area (TPSA) is 45.9 Å². The Morgan fingerprint density at radius 2 is 2.00 bits per heavy atom. The van der Waals surface area contributed by atoms with Gasteiger partial charge in [-0.15, -0.1) is 0 Å². The Kier molecular flexibility index (Phi) is 4.77. The molecule has 0 bridgehead atoms. The van der Waals surface area contributed by atoms with E-state index in [9.17, 15) is 4.79 Å². The van der Waals surface area contributed by atoms with E-state index in [0.717, 1.165) is 55.6 Å². The summed E-state index contributed by atoms with van der Waals surface area (Å²) in [4.78, 5) is 17.8. The number of carbonyl (C=O) groups is 1. The number of carbonyl (C=O) groups excluding carboxylic acids is 1. The maximum absolute atomic E-state index is 13.3. The van der Waals surface area contributed by atoms with Gasteiger partial charge in [0, 0.05) is 37.2 Å². The molecule has 25 heavy (non-hydrogen) atoms. The molecule has 0 unspecified atom stereocenters.